The molecule has 1 atom stereocenters. The third-order valence-corrected chi connectivity index (χ3v) is 4.26. The fourth-order valence-corrected chi connectivity index (χ4v) is 3.05. The van der Waals surface area contributed by atoms with E-state index in [0.717, 1.165) is 29.7 Å². The van der Waals surface area contributed by atoms with Gasteiger partial charge in [0.2, 0.25) is 5.54 Å². The zero-order valence-electron chi connectivity index (χ0n) is 12.7. The largest absolute Gasteiger partial charge is 0.325 e. The minimum atomic E-state index is -1.59. The summed E-state index contributed by atoms with van der Waals surface area (Å²) in [6.07, 6.45) is 2.68. The first-order valence-electron chi connectivity index (χ1n) is 7.57. The van der Waals surface area contributed by atoms with Gasteiger partial charge in [-0.1, -0.05) is 37.5 Å². The second-order valence-electron chi connectivity index (χ2n) is 5.85. The predicted molar refractivity (Wildman–Crippen MR) is 81.3 cm³/mol. The molecule has 1 aromatic carbocycles. The molecule has 2 N–H and O–H groups in total. The molecule has 1 aromatic rings. The van der Waals surface area contributed by atoms with Gasteiger partial charge in [0.25, 0.3) is 11.8 Å². The van der Waals surface area contributed by atoms with Crippen molar-refractivity contribution in [3.8, 4) is 0 Å². The highest BCUT2D eigenvalue weighted by Gasteiger charge is 2.61. The van der Waals surface area contributed by atoms with Crippen molar-refractivity contribution in [1.29, 1.82) is 0 Å². The molecule has 2 heterocycles. The smallest absolute Gasteiger partial charge is 0.323 e. The monoisotopic (exact) mass is 301 g/mol. The summed E-state index contributed by atoms with van der Waals surface area (Å²) in [7, 11) is 0. The van der Waals surface area contributed by atoms with Gasteiger partial charge in [-0.3, -0.25) is 14.5 Å². The number of anilines is 1. The van der Waals surface area contributed by atoms with Gasteiger partial charge in [-0.05, 0) is 19.4 Å². The average molecular weight is 301 g/mol. The van der Waals surface area contributed by atoms with Crippen molar-refractivity contribution in [3.05, 3.63) is 29.3 Å². The number of fused-ring (bicyclic) bond motifs is 2. The third kappa shape index (κ3) is 1.90. The van der Waals surface area contributed by atoms with Crippen molar-refractivity contribution in [2.45, 2.75) is 38.6 Å². The highest BCUT2D eigenvalue weighted by molar-refractivity contribution is 6.26. The lowest BCUT2D eigenvalue weighted by Gasteiger charge is -2.19. The van der Waals surface area contributed by atoms with E-state index < -0.39 is 23.4 Å². The van der Waals surface area contributed by atoms with Crippen molar-refractivity contribution >= 4 is 23.5 Å². The van der Waals surface area contributed by atoms with E-state index in [4.69, 9.17) is 0 Å². The van der Waals surface area contributed by atoms with Gasteiger partial charge >= 0.3 is 6.03 Å². The van der Waals surface area contributed by atoms with E-state index in [0.29, 0.717) is 17.8 Å². The van der Waals surface area contributed by atoms with Crippen LogP contribution in [0.3, 0.4) is 0 Å². The summed E-state index contributed by atoms with van der Waals surface area (Å²) in [5, 5.41) is 5.31. The predicted octanol–water partition coefficient (Wildman–Crippen LogP) is 1.88. The van der Waals surface area contributed by atoms with Crippen molar-refractivity contribution < 1.29 is 14.4 Å². The molecule has 1 fully saturated rings. The van der Waals surface area contributed by atoms with E-state index in [1.807, 2.05) is 13.0 Å². The molecule has 0 aromatic heterocycles. The molecule has 4 amide bonds. The van der Waals surface area contributed by atoms with Crippen LogP contribution in [0.2, 0.25) is 0 Å². The Morgan fingerprint density at radius 2 is 1.95 bits per heavy atom. The lowest BCUT2D eigenvalue weighted by atomic mass is 9.90. The molecule has 2 aliphatic rings. The molecule has 1 unspecified atom stereocenters. The second kappa shape index (κ2) is 5.12. The highest BCUT2D eigenvalue weighted by Crippen LogP contribution is 2.40. The molecule has 1 saturated heterocycles. The first-order valence-corrected chi connectivity index (χ1v) is 7.57. The number of benzene rings is 1. The lowest BCUT2D eigenvalue weighted by Crippen LogP contribution is -2.49. The summed E-state index contributed by atoms with van der Waals surface area (Å²) in [5.41, 5.74) is 0.458. The average Bonchev–Trinajstić information content (AvgIpc) is 2.89. The highest BCUT2D eigenvalue weighted by atomic mass is 16.2. The van der Waals surface area contributed by atoms with Gasteiger partial charge in [-0.15, -0.1) is 0 Å². The minimum Gasteiger partial charge on any atom is -0.323 e. The number of nitrogens with one attached hydrogen (secondary N) is 2. The van der Waals surface area contributed by atoms with E-state index in [-0.39, 0.29) is 0 Å². The van der Waals surface area contributed by atoms with Crippen molar-refractivity contribution in [3.63, 3.8) is 0 Å². The van der Waals surface area contributed by atoms with Crippen LogP contribution in [0.1, 0.15) is 37.3 Å². The van der Waals surface area contributed by atoms with Gasteiger partial charge in [0.1, 0.15) is 0 Å². The van der Waals surface area contributed by atoms with Gasteiger partial charge in [-0.2, -0.15) is 0 Å². The first kappa shape index (κ1) is 14.6. The summed E-state index contributed by atoms with van der Waals surface area (Å²) in [4.78, 5) is 38.6. The van der Waals surface area contributed by atoms with E-state index in [1.54, 1.807) is 12.1 Å². The number of carbonyl (C=O) groups excluding carboxylic acids is 3. The Labute approximate surface area is 128 Å². The van der Waals surface area contributed by atoms with Gasteiger partial charge in [0.05, 0.1) is 0 Å². The molecule has 3 rings (SSSR count). The number of unbranched alkanes of at least 4 members (excludes halogenated alkanes) is 2. The molecule has 0 aliphatic carbocycles. The van der Waals surface area contributed by atoms with Crippen LogP contribution in [0.5, 0.6) is 0 Å². The van der Waals surface area contributed by atoms with Crippen LogP contribution in [0.4, 0.5) is 10.5 Å². The standard InChI is InChI=1S/C16H19N3O3/c1-3-4-5-8-19-14(21)16(18-15(19)22)11-9-10(2)6-7-12(11)17-13(16)20/h6-7,9H,3-5,8H2,1-2H3,(H,17,20)(H,18,22). The van der Waals surface area contributed by atoms with Crippen LogP contribution in [0.25, 0.3) is 0 Å². The van der Waals surface area contributed by atoms with Gasteiger partial charge in [0, 0.05) is 17.8 Å². The Balaban J connectivity index is 1.98. The number of carbonyl (C=O) groups is 3. The van der Waals surface area contributed by atoms with Crippen LogP contribution in [0, 0.1) is 6.92 Å². The summed E-state index contributed by atoms with van der Waals surface area (Å²) in [5.74, 6) is -0.958. The Hall–Kier alpha value is -2.37. The fourth-order valence-electron chi connectivity index (χ4n) is 3.05. The molecule has 116 valence electrons. The number of hydrogen-bond acceptors (Lipinski definition) is 3. The molecule has 6 heteroatoms. The zero-order valence-corrected chi connectivity index (χ0v) is 12.7. The van der Waals surface area contributed by atoms with Crippen LogP contribution < -0.4 is 10.6 Å². The van der Waals surface area contributed by atoms with Crippen molar-refractivity contribution in [1.82, 2.24) is 10.2 Å². The van der Waals surface area contributed by atoms with Crippen LogP contribution in [0.15, 0.2) is 18.2 Å². The maximum Gasteiger partial charge on any atom is 0.325 e. The molecule has 0 bridgehead atoms. The molecule has 0 radical (unpaired) electrons. The van der Waals surface area contributed by atoms with E-state index >= 15 is 0 Å². The number of urea groups is 1. The maximum absolute atomic E-state index is 12.8. The normalized spacial score (nSPS) is 23.0. The van der Waals surface area contributed by atoms with Crippen LogP contribution >= 0.6 is 0 Å². The van der Waals surface area contributed by atoms with Gasteiger partial charge in [0.15, 0.2) is 0 Å². The molecule has 1 spiro atoms. The number of aryl methyl sites for hydroxylation is 1. The fraction of sp³-hybridized carbons (Fsp3) is 0.438. The first-order chi connectivity index (χ1) is 10.5. The maximum atomic E-state index is 12.8. The lowest BCUT2D eigenvalue weighted by molar-refractivity contribution is -0.137. The Morgan fingerprint density at radius 1 is 1.18 bits per heavy atom. The summed E-state index contributed by atoms with van der Waals surface area (Å²) < 4.78 is 0. The summed E-state index contributed by atoms with van der Waals surface area (Å²) in [6.45, 7) is 4.28. The summed E-state index contributed by atoms with van der Waals surface area (Å²) in [6, 6.07) is 4.90. The molecular formula is C16H19N3O3. The summed E-state index contributed by atoms with van der Waals surface area (Å²) >= 11 is 0. The number of nitrogens with zero attached hydrogens (tertiary/aromatic N) is 1. The minimum absolute atomic E-state index is 0.342. The molecule has 22 heavy (non-hydrogen) atoms. The molecule has 0 saturated carbocycles. The second-order valence-corrected chi connectivity index (χ2v) is 5.85. The number of imide groups is 1. The van der Waals surface area contributed by atoms with E-state index in [9.17, 15) is 14.4 Å². The quantitative estimate of drug-likeness (QED) is 0.506. The van der Waals surface area contributed by atoms with Gasteiger partial charge in [-0.25, -0.2) is 4.79 Å². The number of rotatable bonds is 4. The number of hydrogen-bond donors (Lipinski definition) is 2. The van der Waals surface area contributed by atoms with E-state index in [1.165, 1.54) is 0 Å². The third-order valence-electron chi connectivity index (χ3n) is 4.26. The van der Waals surface area contributed by atoms with Crippen molar-refractivity contribution in [2.24, 2.45) is 0 Å². The Morgan fingerprint density at radius 3 is 2.68 bits per heavy atom. The molecule has 2 aliphatic heterocycles. The SMILES string of the molecule is CCCCCN1C(=O)NC2(C(=O)Nc3ccc(C)cc32)C1=O. The van der Waals surface area contributed by atoms with Crippen LogP contribution in [-0.2, 0) is 15.1 Å². The zero-order chi connectivity index (χ0) is 15.9. The van der Waals surface area contributed by atoms with Crippen molar-refractivity contribution in [2.75, 3.05) is 11.9 Å². The van der Waals surface area contributed by atoms with Crippen LogP contribution in [-0.4, -0.2) is 29.3 Å². The van der Waals surface area contributed by atoms with Gasteiger partial charge < -0.3 is 10.6 Å². The van der Waals surface area contributed by atoms with E-state index in [2.05, 4.69) is 17.6 Å². The Kier molecular flexibility index (Phi) is 3.39. The molecular weight excluding hydrogens is 282 g/mol. The number of amides is 4. The topological polar surface area (TPSA) is 78.5 Å². The molecule has 6 nitrogen and oxygen atoms in total. The Bertz CT molecular complexity index is 671.